The molecule has 2 aromatic carbocycles. The van der Waals surface area contributed by atoms with Gasteiger partial charge in [0, 0.05) is 23.5 Å². The van der Waals surface area contributed by atoms with E-state index in [1.165, 1.54) is 11.3 Å². The van der Waals surface area contributed by atoms with Crippen LogP contribution in [0.3, 0.4) is 0 Å². The second-order valence-electron chi connectivity index (χ2n) is 6.09. The Bertz CT molecular complexity index is 1260. The molecule has 0 atom stereocenters. The first-order valence-electron chi connectivity index (χ1n) is 8.83. The van der Waals surface area contributed by atoms with E-state index in [0.717, 1.165) is 17.7 Å². The average molecular weight is 580 g/mol. The van der Waals surface area contributed by atoms with Gasteiger partial charge in [0.1, 0.15) is 16.1 Å². The Labute approximate surface area is 202 Å². The van der Waals surface area contributed by atoms with Gasteiger partial charge in [-0.25, -0.2) is 0 Å². The minimum absolute atomic E-state index is 0.0538. The fourth-order valence-corrected chi connectivity index (χ4v) is 4.50. The lowest BCUT2D eigenvalue weighted by Gasteiger charge is -2.03. The lowest BCUT2D eigenvalue weighted by atomic mass is 10.0. The van der Waals surface area contributed by atoms with Crippen molar-refractivity contribution in [2.45, 2.75) is 0 Å². The third-order valence-corrected chi connectivity index (χ3v) is 6.15. The summed E-state index contributed by atoms with van der Waals surface area (Å²) in [4.78, 5) is 21.0. The van der Waals surface area contributed by atoms with Crippen molar-refractivity contribution in [2.75, 3.05) is 17.2 Å². The number of nitrogens with zero attached hydrogens (tertiary/aromatic N) is 5. The molecule has 0 fully saturated rings. The van der Waals surface area contributed by atoms with Crippen molar-refractivity contribution in [1.82, 2.24) is 0 Å². The second kappa shape index (κ2) is 10.4. The van der Waals surface area contributed by atoms with Gasteiger partial charge in [-0.2, -0.15) is 5.26 Å². The Morgan fingerprint density at radius 1 is 1.12 bits per heavy atom. The number of nitro benzene ring substituents is 2. The van der Waals surface area contributed by atoms with Crippen molar-refractivity contribution in [3.8, 4) is 17.2 Å². The number of halogens is 2. The summed E-state index contributed by atoms with van der Waals surface area (Å²) in [5.41, 5.74) is 0.482. The fourth-order valence-electron chi connectivity index (χ4n) is 2.76. The zero-order valence-electron chi connectivity index (χ0n) is 16.0. The summed E-state index contributed by atoms with van der Waals surface area (Å²) in [6, 6.07) is 13.3. The summed E-state index contributed by atoms with van der Waals surface area (Å²) in [6.45, 7) is 0.569. The average Bonchev–Trinajstić information content (AvgIpc) is 3.14. The highest BCUT2D eigenvalue weighted by Crippen LogP contribution is 2.47. The molecule has 1 aromatic heterocycles. The summed E-state index contributed by atoms with van der Waals surface area (Å²) in [5, 5.41) is 45.3. The second-order valence-corrected chi connectivity index (χ2v) is 8.74. The molecule has 3 rings (SSSR count). The number of nitrogens with one attached hydrogen (secondary N) is 1. The van der Waals surface area contributed by atoms with Crippen LogP contribution in [0.4, 0.5) is 27.1 Å². The van der Waals surface area contributed by atoms with E-state index < -0.39 is 21.2 Å². The molecule has 0 aliphatic carbocycles. The zero-order valence-corrected chi connectivity index (χ0v) is 20.0. The van der Waals surface area contributed by atoms with Crippen molar-refractivity contribution in [3.63, 3.8) is 0 Å². The third-order valence-electron chi connectivity index (χ3n) is 4.12. The molecule has 0 saturated heterocycles. The number of benzene rings is 2. The van der Waals surface area contributed by atoms with E-state index in [1.54, 1.807) is 0 Å². The number of non-ortho nitro benzene ring substituents is 1. The Morgan fingerprint density at radius 3 is 2.44 bits per heavy atom. The number of azo groups is 1. The van der Waals surface area contributed by atoms with Gasteiger partial charge in [-0.1, -0.05) is 57.6 Å². The van der Waals surface area contributed by atoms with Crippen LogP contribution < -0.4 is 5.32 Å². The molecule has 10 nitrogen and oxygen atoms in total. The predicted octanol–water partition coefficient (Wildman–Crippen LogP) is 7.09. The first kappa shape index (κ1) is 23.5. The number of hydrogen-bond acceptors (Lipinski definition) is 9. The first-order chi connectivity index (χ1) is 15.4. The molecule has 32 heavy (non-hydrogen) atoms. The molecule has 0 saturated carbocycles. The largest absolute Gasteiger partial charge is 0.375 e. The molecule has 1 N–H and O–H groups in total. The number of anilines is 1. The highest BCUT2D eigenvalue weighted by molar-refractivity contribution is 9.10. The van der Waals surface area contributed by atoms with E-state index in [4.69, 9.17) is 0 Å². The fraction of sp³-hybridized carbons (Fsp3) is 0.105. The Balaban J connectivity index is 2.17. The van der Waals surface area contributed by atoms with Crippen molar-refractivity contribution >= 4 is 70.3 Å². The first-order valence-corrected chi connectivity index (χ1v) is 11.6. The van der Waals surface area contributed by atoms with Crippen LogP contribution in [-0.4, -0.2) is 21.7 Å². The molecule has 0 radical (unpaired) electrons. The number of nitriles is 1. The Kier molecular flexibility index (Phi) is 7.62. The molecule has 1 heterocycles. The Hall–Kier alpha value is -3.21. The molecule has 0 bridgehead atoms. The normalized spacial score (nSPS) is 10.8. The van der Waals surface area contributed by atoms with E-state index in [9.17, 15) is 25.5 Å². The van der Waals surface area contributed by atoms with E-state index in [-0.39, 0.29) is 10.2 Å². The molecule has 3 aromatic rings. The maximum atomic E-state index is 11.5. The van der Waals surface area contributed by atoms with E-state index in [2.05, 4.69) is 53.5 Å². The molecular weight excluding hydrogens is 568 g/mol. The molecule has 0 amide bonds. The van der Waals surface area contributed by atoms with Gasteiger partial charge in [0.05, 0.1) is 25.9 Å². The van der Waals surface area contributed by atoms with Crippen molar-refractivity contribution in [1.29, 1.82) is 5.26 Å². The van der Waals surface area contributed by atoms with Gasteiger partial charge in [0.2, 0.25) is 0 Å². The minimum atomic E-state index is -0.762. The standard InChI is InChI=1S/C19H12Br2N6O4S/c20-6-7-23-18-13(10-22)16(11-4-2-1-3-5-11)19(32-18)25-24-17-14(21)8-12(26(28)29)9-15(17)27(30)31/h1-5,8-9,23H,6-7H2. The van der Waals surface area contributed by atoms with Crippen LogP contribution in [-0.2, 0) is 0 Å². The van der Waals surface area contributed by atoms with Crippen molar-refractivity contribution in [2.24, 2.45) is 10.2 Å². The van der Waals surface area contributed by atoms with Crippen LogP contribution in [0.1, 0.15) is 5.56 Å². The van der Waals surface area contributed by atoms with Gasteiger partial charge < -0.3 is 5.32 Å². The van der Waals surface area contributed by atoms with Gasteiger partial charge in [-0.15, -0.1) is 10.2 Å². The SMILES string of the molecule is N#Cc1c(NCCBr)sc(N=Nc2c(Br)cc([N+](=O)[O-])cc2[N+](=O)[O-])c1-c1ccccc1. The lowest BCUT2D eigenvalue weighted by Crippen LogP contribution is -2.01. The number of alkyl halides is 1. The van der Waals surface area contributed by atoms with Gasteiger partial charge in [-0.05, 0) is 21.5 Å². The molecule has 0 spiro atoms. The van der Waals surface area contributed by atoms with Crippen LogP contribution in [0.25, 0.3) is 11.1 Å². The number of hydrogen-bond donors (Lipinski definition) is 1. The maximum Gasteiger partial charge on any atom is 0.304 e. The molecule has 0 aliphatic rings. The van der Waals surface area contributed by atoms with Gasteiger partial charge >= 0.3 is 5.69 Å². The van der Waals surface area contributed by atoms with E-state index in [0.29, 0.717) is 33.0 Å². The monoisotopic (exact) mass is 578 g/mol. The molecular formula is C19H12Br2N6O4S. The number of thiophene rings is 1. The van der Waals surface area contributed by atoms with Crippen LogP contribution in [0.15, 0.2) is 57.2 Å². The summed E-state index contributed by atoms with van der Waals surface area (Å²) < 4.78 is 0.0538. The van der Waals surface area contributed by atoms with Crippen LogP contribution in [0, 0.1) is 31.6 Å². The lowest BCUT2D eigenvalue weighted by molar-refractivity contribution is -0.393. The highest BCUT2D eigenvalue weighted by Gasteiger charge is 2.24. The third kappa shape index (κ3) is 4.98. The van der Waals surface area contributed by atoms with Crippen molar-refractivity contribution < 1.29 is 9.85 Å². The summed E-state index contributed by atoms with van der Waals surface area (Å²) in [7, 11) is 0. The topological polar surface area (TPSA) is 147 Å². The maximum absolute atomic E-state index is 11.5. The van der Waals surface area contributed by atoms with Gasteiger partial charge in [0.25, 0.3) is 5.69 Å². The molecule has 162 valence electrons. The smallest absolute Gasteiger partial charge is 0.304 e. The van der Waals surface area contributed by atoms with Crippen LogP contribution in [0.2, 0.25) is 0 Å². The molecule has 0 unspecified atom stereocenters. The van der Waals surface area contributed by atoms with Gasteiger partial charge in [-0.3, -0.25) is 20.2 Å². The number of rotatable bonds is 8. The summed E-state index contributed by atoms with van der Waals surface area (Å²) >= 11 is 7.63. The minimum Gasteiger partial charge on any atom is -0.375 e. The zero-order chi connectivity index (χ0) is 23.3. The van der Waals surface area contributed by atoms with Gasteiger partial charge in [0.15, 0.2) is 5.69 Å². The number of nitro groups is 2. The van der Waals surface area contributed by atoms with E-state index in [1.807, 2.05) is 30.3 Å². The van der Waals surface area contributed by atoms with E-state index >= 15 is 0 Å². The quantitative estimate of drug-likeness (QED) is 0.130. The van der Waals surface area contributed by atoms with Crippen molar-refractivity contribution in [3.05, 3.63) is 72.7 Å². The molecule has 13 heteroatoms. The highest BCUT2D eigenvalue weighted by atomic mass is 79.9. The molecule has 0 aliphatic heterocycles. The Morgan fingerprint density at radius 2 is 1.84 bits per heavy atom. The predicted molar refractivity (Wildman–Crippen MR) is 128 cm³/mol. The van der Waals surface area contributed by atoms with Crippen LogP contribution in [0.5, 0.6) is 0 Å². The summed E-state index contributed by atoms with van der Waals surface area (Å²) in [6.07, 6.45) is 0. The summed E-state index contributed by atoms with van der Waals surface area (Å²) in [5.74, 6) is 0. The van der Waals surface area contributed by atoms with Crippen LogP contribution >= 0.6 is 43.2 Å².